The summed E-state index contributed by atoms with van der Waals surface area (Å²) in [6.45, 7) is 0.441. The van der Waals surface area contributed by atoms with Gasteiger partial charge in [-0.15, -0.1) is 0 Å². The number of nitrogens with zero attached hydrogens (tertiary/aromatic N) is 2. The molecule has 4 rings (SSSR count). The van der Waals surface area contributed by atoms with E-state index < -0.39 is 0 Å². The molecule has 2 heterocycles. The van der Waals surface area contributed by atoms with Crippen molar-refractivity contribution < 1.29 is 9.53 Å². The van der Waals surface area contributed by atoms with Gasteiger partial charge in [0.15, 0.2) is 0 Å². The highest BCUT2D eigenvalue weighted by Crippen LogP contribution is 2.32. The zero-order valence-electron chi connectivity index (χ0n) is 13.9. The Labute approximate surface area is 156 Å². The zero-order chi connectivity index (χ0) is 17.9. The van der Waals surface area contributed by atoms with Crippen molar-refractivity contribution in [2.45, 2.75) is 12.5 Å². The van der Waals surface area contributed by atoms with Crippen molar-refractivity contribution >= 4 is 17.5 Å². The lowest BCUT2D eigenvalue weighted by molar-refractivity contribution is 0.0933. The number of amides is 1. The van der Waals surface area contributed by atoms with Crippen LogP contribution >= 0.6 is 11.6 Å². The minimum absolute atomic E-state index is 0.0849. The number of ether oxygens (including phenoxy) is 1. The highest BCUT2D eigenvalue weighted by Gasteiger charge is 2.24. The molecular formula is C20H16ClN3O2. The normalized spacial score (nSPS) is 15.2. The third-order valence-electron chi connectivity index (χ3n) is 4.26. The van der Waals surface area contributed by atoms with E-state index in [4.69, 9.17) is 16.3 Å². The van der Waals surface area contributed by atoms with E-state index in [1.54, 1.807) is 42.9 Å². The van der Waals surface area contributed by atoms with Crippen LogP contribution in [0.15, 0.2) is 61.1 Å². The molecule has 1 aliphatic heterocycles. The molecule has 130 valence electrons. The molecule has 2 aromatic carbocycles. The van der Waals surface area contributed by atoms with E-state index >= 15 is 0 Å². The Hall–Kier alpha value is -2.92. The number of rotatable bonds is 4. The fraction of sp³-hybridized carbons (Fsp3) is 0.150. The molecule has 1 amide bonds. The Morgan fingerprint density at radius 2 is 2.04 bits per heavy atom. The largest absolute Gasteiger partial charge is 0.488 e. The molecule has 26 heavy (non-hydrogen) atoms. The number of hydrogen-bond acceptors (Lipinski definition) is 4. The Bertz CT molecular complexity index is 930. The second kappa shape index (κ2) is 7.14. The van der Waals surface area contributed by atoms with Crippen molar-refractivity contribution in [3.63, 3.8) is 0 Å². The van der Waals surface area contributed by atoms with Crippen LogP contribution in [0.1, 0.15) is 15.9 Å². The average molecular weight is 366 g/mol. The van der Waals surface area contributed by atoms with Crippen molar-refractivity contribution in [2.24, 2.45) is 0 Å². The van der Waals surface area contributed by atoms with Gasteiger partial charge in [0.25, 0.3) is 5.91 Å². The summed E-state index contributed by atoms with van der Waals surface area (Å²) >= 11 is 5.85. The summed E-state index contributed by atoms with van der Waals surface area (Å²) in [6, 6.07) is 12.8. The van der Waals surface area contributed by atoms with Gasteiger partial charge in [0.1, 0.15) is 11.9 Å². The molecule has 1 atom stereocenters. The molecule has 0 bridgehead atoms. The van der Waals surface area contributed by atoms with E-state index in [2.05, 4.69) is 21.4 Å². The van der Waals surface area contributed by atoms with Crippen LogP contribution in [0.25, 0.3) is 11.3 Å². The van der Waals surface area contributed by atoms with Gasteiger partial charge in [-0.1, -0.05) is 11.6 Å². The van der Waals surface area contributed by atoms with Gasteiger partial charge >= 0.3 is 0 Å². The number of benzene rings is 2. The number of aromatic nitrogens is 2. The first kappa shape index (κ1) is 16.5. The number of carbonyl (C=O) groups is 1. The second-order valence-electron chi connectivity index (χ2n) is 6.07. The quantitative estimate of drug-likeness (QED) is 0.768. The first-order chi connectivity index (χ1) is 12.7. The molecule has 3 aromatic rings. The number of fused-ring (bicyclic) bond motifs is 1. The SMILES string of the molecule is O=C(NC[C@@H]1Cc2cc(-c3cnccn3)ccc2O1)c1ccc(Cl)cc1. The van der Waals surface area contributed by atoms with Gasteiger partial charge < -0.3 is 10.1 Å². The lowest BCUT2D eigenvalue weighted by atomic mass is 10.0. The summed E-state index contributed by atoms with van der Waals surface area (Å²) in [5.41, 5.74) is 3.52. The summed E-state index contributed by atoms with van der Waals surface area (Å²) in [6.07, 6.45) is 5.72. The van der Waals surface area contributed by atoms with Gasteiger partial charge in [-0.2, -0.15) is 0 Å². The smallest absolute Gasteiger partial charge is 0.251 e. The molecule has 0 spiro atoms. The molecule has 0 fully saturated rings. The van der Waals surface area contributed by atoms with E-state index in [1.165, 1.54) is 0 Å². The van der Waals surface area contributed by atoms with Crippen LogP contribution < -0.4 is 10.1 Å². The molecule has 5 nitrogen and oxygen atoms in total. The van der Waals surface area contributed by atoms with Gasteiger partial charge in [0, 0.05) is 35.0 Å². The first-order valence-electron chi connectivity index (χ1n) is 8.29. The molecule has 0 saturated heterocycles. The maximum Gasteiger partial charge on any atom is 0.251 e. The molecule has 1 N–H and O–H groups in total. The fourth-order valence-corrected chi connectivity index (χ4v) is 3.08. The highest BCUT2D eigenvalue weighted by molar-refractivity contribution is 6.30. The van der Waals surface area contributed by atoms with Crippen molar-refractivity contribution in [2.75, 3.05) is 6.54 Å². The maximum absolute atomic E-state index is 12.2. The molecule has 0 saturated carbocycles. The fourth-order valence-electron chi connectivity index (χ4n) is 2.95. The average Bonchev–Trinajstić information content (AvgIpc) is 3.09. The lowest BCUT2D eigenvalue weighted by Crippen LogP contribution is -2.34. The standard InChI is InChI=1S/C20H16ClN3O2/c21-16-4-1-13(2-5-16)20(25)24-11-17-10-15-9-14(3-6-19(15)26-17)18-12-22-7-8-23-18/h1-9,12,17H,10-11H2,(H,24,25)/t17-/m0/s1. The summed E-state index contributed by atoms with van der Waals surface area (Å²) in [5, 5.41) is 3.52. The summed E-state index contributed by atoms with van der Waals surface area (Å²) in [7, 11) is 0. The van der Waals surface area contributed by atoms with E-state index in [9.17, 15) is 4.79 Å². The van der Waals surface area contributed by atoms with Gasteiger partial charge in [-0.3, -0.25) is 14.8 Å². The molecule has 0 radical (unpaired) electrons. The molecular weight excluding hydrogens is 350 g/mol. The maximum atomic E-state index is 12.2. The topological polar surface area (TPSA) is 64.1 Å². The Morgan fingerprint density at radius 1 is 1.19 bits per heavy atom. The molecule has 6 heteroatoms. The number of halogens is 1. The van der Waals surface area contributed by atoms with Crippen molar-refractivity contribution in [1.82, 2.24) is 15.3 Å². The van der Waals surface area contributed by atoms with Crippen LogP contribution in [0, 0.1) is 0 Å². The Balaban J connectivity index is 1.39. The van der Waals surface area contributed by atoms with Crippen LogP contribution in [-0.4, -0.2) is 28.5 Å². The predicted molar refractivity (Wildman–Crippen MR) is 99.4 cm³/mol. The summed E-state index contributed by atoms with van der Waals surface area (Å²) in [4.78, 5) is 20.6. The van der Waals surface area contributed by atoms with E-state index in [-0.39, 0.29) is 12.0 Å². The molecule has 1 aliphatic rings. The van der Waals surface area contributed by atoms with Gasteiger partial charge in [-0.05, 0) is 48.0 Å². The minimum Gasteiger partial charge on any atom is -0.488 e. The van der Waals surface area contributed by atoms with Gasteiger partial charge in [0.05, 0.1) is 18.4 Å². The van der Waals surface area contributed by atoms with Crippen LogP contribution in [0.5, 0.6) is 5.75 Å². The van der Waals surface area contributed by atoms with Crippen LogP contribution in [0.3, 0.4) is 0 Å². The van der Waals surface area contributed by atoms with Crippen molar-refractivity contribution in [3.8, 4) is 17.0 Å². The molecule has 0 unspecified atom stereocenters. The lowest BCUT2D eigenvalue weighted by Gasteiger charge is -2.12. The molecule has 1 aromatic heterocycles. The third-order valence-corrected chi connectivity index (χ3v) is 4.51. The summed E-state index contributed by atoms with van der Waals surface area (Å²) < 4.78 is 5.93. The monoisotopic (exact) mass is 365 g/mol. The van der Waals surface area contributed by atoms with Crippen molar-refractivity contribution in [1.29, 1.82) is 0 Å². The first-order valence-corrected chi connectivity index (χ1v) is 8.66. The Morgan fingerprint density at radius 3 is 2.81 bits per heavy atom. The van der Waals surface area contributed by atoms with Crippen LogP contribution in [-0.2, 0) is 6.42 Å². The van der Waals surface area contributed by atoms with E-state index in [1.807, 2.05) is 12.1 Å². The molecule has 0 aliphatic carbocycles. The number of carbonyl (C=O) groups excluding carboxylic acids is 1. The summed E-state index contributed by atoms with van der Waals surface area (Å²) in [5.74, 6) is 0.713. The second-order valence-corrected chi connectivity index (χ2v) is 6.51. The van der Waals surface area contributed by atoms with E-state index in [0.29, 0.717) is 17.1 Å². The van der Waals surface area contributed by atoms with Gasteiger partial charge in [0.2, 0.25) is 0 Å². The third kappa shape index (κ3) is 3.53. The van der Waals surface area contributed by atoms with Crippen molar-refractivity contribution in [3.05, 3.63) is 77.2 Å². The Kier molecular flexibility index (Phi) is 4.54. The number of hydrogen-bond donors (Lipinski definition) is 1. The minimum atomic E-state index is -0.138. The van der Waals surface area contributed by atoms with E-state index in [0.717, 1.165) is 29.0 Å². The van der Waals surface area contributed by atoms with Gasteiger partial charge in [-0.25, -0.2) is 0 Å². The van der Waals surface area contributed by atoms with Crippen LogP contribution in [0.4, 0.5) is 0 Å². The number of nitrogens with one attached hydrogen (secondary N) is 1. The zero-order valence-corrected chi connectivity index (χ0v) is 14.6. The predicted octanol–water partition coefficient (Wildman–Crippen LogP) is 3.53. The van der Waals surface area contributed by atoms with Crippen LogP contribution in [0.2, 0.25) is 5.02 Å². The highest BCUT2D eigenvalue weighted by atomic mass is 35.5.